The quantitative estimate of drug-likeness (QED) is 0.0223. The summed E-state index contributed by atoms with van der Waals surface area (Å²) in [6.07, 6.45) is -0.514. The summed E-state index contributed by atoms with van der Waals surface area (Å²) in [5.74, 6) is -1.31. The first-order chi connectivity index (χ1) is 30.1. The lowest BCUT2D eigenvalue weighted by Gasteiger charge is -2.53. The molecule has 330 valence electrons. The zero-order valence-corrected chi connectivity index (χ0v) is 38.9. The number of carboxylic acids is 1. The lowest BCUT2D eigenvalue weighted by molar-refractivity contribution is -0.151. The lowest BCUT2D eigenvalue weighted by Crippen LogP contribution is -2.74. The van der Waals surface area contributed by atoms with Crippen molar-refractivity contribution in [3.63, 3.8) is 0 Å². The van der Waals surface area contributed by atoms with Crippen molar-refractivity contribution in [2.24, 2.45) is 5.16 Å². The van der Waals surface area contributed by atoms with E-state index in [2.05, 4.69) is 25.8 Å². The van der Waals surface area contributed by atoms with E-state index >= 15 is 0 Å². The molecule has 1 unspecified atom stereocenters. The number of rotatable bonds is 16. The van der Waals surface area contributed by atoms with Gasteiger partial charge in [0.2, 0.25) is 11.5 Å². The summed E-state index contributed by atoms with van der Waals surface area (Å²) < 4.78 is 4.55. The molecule has 2 aliphatic rings. The summed E-state index contributed by atoms with van der Waals surface area (Å²) in [5, 5.41) is 20.5. The number of hydrogen-bond donors (Lipinski definition) is 5. The van der Waals surface area contributed by atoms with Gasteiger partial charge in [-0.1, -0.05) is 142 Å². The van der Waals surface area contributed by atoms with Gasteiger partial charge in [0.1, 0.15) is 31.8 Å². The number of β-lactam (4-membered cyclic amide) rings is 1. The number of ether oxygens (including phenoxy) is 1. The average Bonchev–Trinajstić information content (AvgIpc) is 3.79. The Morgan fingerprint density at radius 3 is 2.08 bits per heavy atom. The Morgan fingerprint density at radius 2 is 1.54 bits per heavy atom. The van der Waals surface area contributed by atoms with Crippen LogP contribution in [0.5, 0.6) is 0 Å². The number of carboxylic acid groups (broad SMARTS) is 1. The number of carbonyl (C=O) groups is 4. The molecule has 2 aromatic heterocycles. The van der Waals surface area contributed by atoms with Crippen molar-refractivity contribution in [2.75, 3.05) is 36.1 Å². The third kappa shape index (κ3) is 10.2. The number of nitrogen functional groups attached to an aromatic ring is 2. The number of halogens is 1. The monoisotopic (exact) mass is 966 g/mol. The molecule has 0 aliphatic carbocycles. The van der Waals surface area contributed by atoms with Crippen LogP contribution in [0.15, 0.2) is 100 Å². The molecule has 4 heterocycles. The normalized spacial score (nSPS) is 18.8. The number of thioether (sulfide) groups is 3. The molecule has 63 heavy (non-hydrogen) atoms. The molecule has 3 aromatic carbocycles. The van der Waals surface area contributed by atoms with Gasteiger partial charge in [0, 0.05) is 47.0 Å². The van der Waals surface area contributed by atoms with Crippen LogP contribution in [0.1, 0.15) is 48.8 Å². The summed E-state index contributed by atoms with van der Waals surface area (Å²) in [7, 11) is 0. The second-order valence-corrected chi connectivity index (χ2v) is 21.8. The number of oxime groups is 1. The number of aliphatic carboxylic acids is 1. The van der Waals surface area contributed by atoms with Gasteiger partial charge in [-0.15, -0.1) is 11.8 Å². The number of carbonyl (C=O) groups excluding carboxylic acids is 3. The Bertz CT molecular complexity index is 2390. The van der Waals surface area contributed by atoms with E-state index in [1.807, 2.05) is 91.0 Å². The highest BCUT2D eigenvalue weighted by Crippen LogP contribution is 2.49. The molecular formula is C42H43ClN8O7S5. The molecule has 0 spiro atoms. The molecule has 15 nitrogen and oxygen atoms in total. The Labute approximate surface area is 389 Å². The molecule has 3 amide bonds. The number of hydrogen-bond acceptors (Lipinski definition) is 16. The topological polar surface area (TPSA) is 224 Å². The van der Waals surface area contributed by atoms with E-state index in [0.717, 1.165) is 39.8 Å². The van der Waals surface area contributed by atoms with Crippen molar-refractivity contribution in [3.8, 4) is 0 Å². The molecule has 21 heteroatoms. The number of anilines is 2. The van der Waals surface area contributed by atoms with E-state index in [9.17, 15) is 24.3 Å². The largest absolute Gasteiger partial charge is 0.480 e. The number of nitrogens with one attached hydrogen (secondary N) is 2. The average molecular weight is 968 g/mol. The zero-order valence-electron chi connectivity index (χ0n) is 34.1. The van der Waals surface area contributed by atoms with Crippen molar-refractivity contribution >= 4 is 109 Å². The Balaban J connectivity index is 1.09. The van der Waals surface area contributed by atoms with Crippen LogP contribution >= 0.6 is 69.6 Å². The number of thiazole rings is 2. The van der Waals surface area contributed by atoms with Gasteiger partial charge in [0.15, 0.2) is 16.0 Å². The van der Waals surface area contributed by atoms with Crippen molar-refractivity contribution in [1.82, 2.24) is 25.5 Å². The first-order valence-electron chi connectivity index (χ1n) is 19.4. The summed E-state index contributed by atoms with van der Waals surface area (Å²) in [4.78, 5) is 70.2. The van der Waals surface area contributed by atoms with Crippen LogP contribution in [0.4, 0.5) is 15.1 Å². The van der Waals surface area contributed by atoms with E-state index in [1.54, 1.807) is 20.8 Å². The number of nitrogens with two attached hydrogens (primary N) is 2. The van der Waals surface area contributed by atoms with Crippen LogP contribution in [-0.2, 0) is 35.3 Å². The second-order valence-electron chi connectivity index (χ2n) is 15.3. The third-order valence-electron chi connectivity index (χ3n) is 9.71. The smallest absolute Gasteiger partial charge is 0.407 e. The van der Waals surface area contributed by atoms with Crippen LogP contribution in [-0.4, -0.2) is 95.9 Å². The Morgan fingerprint density at radius 1 is 0.952 bits per heavy atom. The second kappa shape index (κ2) is 19.4. The predicted molar refractivity (Wildman–Crippen MR) is 251 cm³/mol. The molecule has 2 fully saturated rings. The summed E-state index contributed by atoms with van der Waals surface area (Å²) in [5.41, 5.74) is 12.6. The van der Waals surface area contributed by atoms with Gasteiger partial charge in [-0.2, -0.15) is 11.8 Å². The molecule has 7 rings (SSSR count). The van der Waals surface area contributed by atoms with Crippen LogP contribution in [0.25, 0.3) is 0 Å². The number of fused-ring (bicyclic) bond motifs is 1. The number of nitrogens with zero attached hydrogens (tertiary/aromatic N) is 4. The van der Waals surface area contributed by atoms with Crippen LogP contribution in [0, 0.1) is 0 Å². The van der Waals surface area contributed by atoms with Gasteiger partial charge in [-0.25, -0.2) is 14.8 Å². The fraction of sp³-hybridized carbons (Fsp3) is 0.310. The van der Waals surface area contributed by atoms with Crippen molar-refractivity contribution < 1.29 is 33.9 Å². The van der Waals surface area contributed by atoms with E-state index < -0.39 is 51.2 Å². The highest BCUT2D eigenvalue weighted by atomic mass is 35.5. The Kier molecular flexibility index (Phi) is 14.2. The highest BCUT2D eigenvalue weighted by Gasteiger charge is 2.58. The van der Waals surface area contributed by atoms with Gasteiger partial charge in [-0.3, -0.25) is 14.4 Å². The van der Waals surface area contributed by atoms with Crippen LogP contribution in [0.2, 0.25) is 4.34 Å². The number of aromatic nitrogens is 2. The lowest BCUT2D eigenvalue weighted by atomic mass is 9.80. The fourth-order valence-corrected chi connectivity index (χ4v) is 13.0. The Hall–Kier alpha value is -4.99. The summed E-state index contributed by atoms with van der Waals surface area (Å²) >= 11 is 12.6. The van der Waals surface area contributed by atoms with Crippen molar-refractivity contribution in [2.45, 2.75) is 58.1 Å². The molecule has 3 atom stereocenters. The summed E-state index contributed by atoms with van der Waals surface area (Å²) in [6.45, 7) is 5.58. The molecule has 2 saturated heterocycles. The SMILES string of the molecule is CC(C)(C)OC(=O)NCCSCc1nc(N)sc1SC1(C(=O)O)CS[C@@H]2[C@H](NC(=O)C(=NOC(c3ccccc3)(c3ccccc3)c3ccccc3)c3nc(N)sc3Cl)C(=O)N2C1. The number of amides is 3. The standard InChI is InChI=1S/C42H43ClN8O7S5/c1-40(2,3)57-39(56)46-19-20-59-21-27-35(62-37(44)47-27)63-41(36(54)55)22-51-33(53)30(34(51)60-23-41)48-32(52)29(28-31(43)61-38(45)49-28)50-58-42(24-13-7-4-8-14-24,25-15-9-5-10-16-25)26-17-11-6-12-18-26/h4-18,30,34H,19-23H2,1-3H3,(H2,44,47)(H2,45,49)(H,46,56)(H,48,52)(H,54,55)/t30-,34-,41?/m1/s1. The van der Waals surface area contributed by atoms with Gasteiger partial charge in [-0.05, 0) is 20.8 Å². The first kappa shape index (κ1) is 46.0. The molecular weight excluding hydrogens is 924 g/mol. The minimum Gasteiger partial charge on any atom is -0.480 e. The maximum atomic E-state index is 14.4. The molecule has 0 bridgehead atoms. The fourth-order valence-electron chi connectivity index (χ4n) is 6.85. The number of alkyl carbamates (subject to hydrolysis) is 1. The van der Waals surface area contributed by atoms with E-state index in [0.29, 0.717) is 28.0 Å². The maximum Gasteiger partial charge on any atom is 0.407 e. The van der Waals surface area contributed by atoms with Gasteiger partial charge < -0.3 is 41.7 Å². The van der Waals surface area contributed by atoms with E-state index in [-0.39, 0.29) is 38.3 Å². The predicted octanol–water partition coefficient (Wildman–Crippen LogP) is 6.90. The first-order valence-corrected chi connectivity index (χ1v) is 24.4. The molecule has 0 saturated carbocycles. The van der Waals surface area contributed by atoms with Crippen molar-refractivity contribution in [3.05, 3.63) is 123 Å². The minimum atomic E-state index is -1.44. The summed E-state index contributed by atoms with van der Waals surface area (Å²) in [6, 6.07) is 27.3. The van der Waals surface area contributed by atoms with E-state index in [1.165, 1.54) is 39.8 Å². The molecule has 0 radical (unpaired) electrons. The minimum absolute atomic E-state index is 0.0296. The molecule has 7 N–H and O–H groups in total. The maximum absolute atomic E-state index is 14.4. The van der Waals surface area contributed by atoms with Crippen LogP contribution < -0.4 is 22.1 Å². The third-order valence-corrected chi connectivity index (χ3v) is 16.0. The zero-order chi connectivity index (χ0) is 44.9. The molecule has 5 aromatic rings. The van der Waals surface area contributed by atoms with E-state index in [4.69, 9.17) is 32.6 Å². The number of benzene rings is 3. The van der Waals surface area contributed by atoms with Crippen molar-refractivity contribution in [1.29, 1.82) is 0 Å². The highest BCUT2D eigenvalue weighted by molar-refractivity contribution is 8.06. The molecule has 2 aliphatic heterocycles. The van der Waals surface area contributed by atoms with Gasteiger partial charge in [0.25, 0.3) is 5.91 Å². The van der Waals surface area contributed by atoms with Gasteiger partial charge >= 0.3 is 12.1 Å². The van der Waals surface area contributed by atoms with Crippen LogP contribution in [0.3, 0.4) is 0 Å². The van der Waals surface area contributed by atoms with Gasteiger partial charge in [0.05, 0.1) is 9.90 Å².